The molecule has 0 aliphatic heterocycles. The van der Waals surface area contributed by atoms with Crippen LogP contribution in [0.25, 0.3) is 11.4 Å². The highest BCUT2D eigenvalue weighted by molar-refractivity contribution is 9.10. The lowest BCUT2D eigenvalue weighted by Gasteiger charge is -2.02. The van der Waals surface area contributed by atoms with E-state index in [1.807, 2.05) is 0 Å². The largest absolute Gasteiger partial charge is 0.494 e. The highest BCUT2D eigenvalue weighted by Crippen LogP contribution is 2.26. The number of nitrogens with zero attached hydrogens (tertiary/aromatic N) is 1. The van der Waals surface area contributed by atoms with Crippen LogP contribution in [0.3, 0.4) is 0 Å². The van der Waals surface area contributed by atoms with Crippen LogP contribution < -0.4 is 4.74 Å². The molecule has 4 nitrogen and oxygen atoms in total. The SMILES string of the molecule is COc1ccc(-c2nc(Br)c(CO)[nH]2)cc1F. The van der Waals surface area contributed by atoms with Crippen molar-refractivity contribution in [3.8, 4) is 17.1 Å². The van der Waals surface area contributed by atoms with E-state index in [2.05, 4.69) is 25.9 Å². The Morgan fingerprint density at radius 1 is 1.53 bits per heavy atom. The van der Waals surface area contributed by atoms with Crippen molar-refractivity contribution in [1.82, 2.24) is 9.97 Å². The van der Waals surface area contributed by atoms with E-state index in [1.165, 1.54) is 19.2 Å². The molecule has 0 aliphatic carbocycles. The van der Waals surface area contributed by atoms with E-state index in [4.69, 9.17) is 9.84 Å². The van der Waals surface area contributed by atoms with Crippen molar-refractivity contribution < 1.29 is 14.2 Å². The number of rotatable bonds is 3. The predicted octanol–water partition coefficient (Wildman–Crippen LogP) is 2.48. The van der Waals surface area contributed by atoms with Crippen LogP contribution in [0.2, 0.25) is 0 Å². The number of aliphatic hydroxyl groups excluding tert-OH is 1. The smallest absolute Gasteiger partial charge is 0.165 e. The van der Waals surface area contributed by atoms with Gasteiger partial charge in [-0.15, -0.1) is 0 Å². The Morgan fingerprint density at radius 3 is 2.82 bits per heavy atom. The molecule has 1 heterocycles. The zero-order valence-corrected chi connectivity index (χ0v) is 10.6. The van der Waals surface area contributed by atoms with E-state index in [-0.39, 0.29) is 12.4 Å². The summed E-state index contributed by atoms with van der Waals surface area (Å²) in [6.45, 7) is -0.160. The fourth-order valence-electron chi connectivity index (χ4n) is 1.44. The van der Waals surface area contributed by atoms with Gasteiger partial charge in [-0.25, -0.2) is 9.37 Å². The molecule has 2 N–H and O–H groups in total. The summed E-state index contributed by atoms with van der Waals surface area (Å²) in [5, 5.41) is 9.02. The molecule has 0 unspecified atom stereocenters. The van der Waals surface area contributed by atoms with Crippen molar-refractivity contribution in [2.75, 3.05) is 7.11 Å². The fourth-order valence-corrected chi connectivity index (χ4v) is 1.85. The molecule has 0 fully saturated rings. The topological polar surface area (TPSA) is 58.1 Å². The van der Waals surface area contributed by atoms with Gasteiger partial charge in [0.25, 0.3) is 0 Å². The molecular formula is C11H10BrFN2O2. The van der Waals surface area contributed by atoms with E-state index < -0.39 is 5.82 Å². The number of hydrogen-bond acceptors (Lipinski definition) is 3. The molecule has 2 rings (SSSR count). The average molecular weight is 301 g/mol. The third-order valence-electron chi connectivity index (χ3n) is 2.31. The van der Waals surface area contributed by atoms with Gasteiger partial charge < -0.3 is 14.8 Å². The highest BCUT2D eigenvalue weighted by atomic mass is 79.9. The van der Waals surface area contributed by atoms with Gasteiger partial charge in [0.2, 0.25) is 0 Å². The normalized spacial score (nSPS) is 10.6. The van der Waals surface area contributed by atoms with Crippen molar-refractivity contribution in [1.29, 1.82) is 0 Å². The summed E-state index contributed by atoms with van der Waals surface area (Å²) in [5.41, 5.74) is 1.14. The number of methoxy groups -OCH3 is 1. The summed E-state index contributed by atoms with van der Waals surface area (Å²) in [4.78, 5) is 7.04. The number of benzene rings is 1. The summed E-state index contributed by atoms with van der Waals surface area (Å²) in [5.74, 6) is 0.215. The lowest BCUT2D eigenvalue weighted by atomic mass is 10.2. The van der Waals surface area contributed by atoms with Gasteiger partial charge in [-0.05, 0) is 34.1 Å². The highest BCUT2D eigenvalue weighted by Gasteiger charge is 2.11. The summed E-state index contributed by atoms with van der Waals surface area (Å²) in [6.07, 6.45) is 0. The number of imidazole rings is 1. The van der Waals surface area contributed by atoms with Crippen LogP contribution in [0.15, 0.2) is 22.8 Å². The van der Waals surface area contributed by atoms with Gasteiger partial charge in [0.1, 0.15) is 10.4 Å². The second-order valence-electron chi connectivity index (χ2n) is 3.36. The van der Waals surface area contributed by atoms with Crippen molar-refractivity contribution >= 4 is 15.9 Å². The number of halogens is 2. The van der Waals surface area contributed by atoms with Crippen molar-refractivity contribution in [3.63, 3.8) is 0 Å². The monoisotopic (exact) mass is 300 g/mol. The molecule has 6 heteroatoms. The fraction of sp³-hybridized carbons (Fsp3) is 0.182. The number of aromatic amines is 1. The van der Waals surface area contributed by atoms with E-state index >= 15 is 0 Å². The lowest BCUT2D eigenvalue weighted by Crippen LogP contribution is -1.89. The Morgan fingerprint density at radius 2 is 2.29 bits per heavy atom. The zero-order chi connectivity index (χ0) is 12.4. The summed E-state index contributed by atoms with van der Waals surface area (Å²) >= 11 is 3.20. The van der Waals surface area contributed by atoms with Crippen LogP contribution in [0, 0.1) is 5.82 Å². The maximum atomic E-state index is 13.5. The Bertz CT molecular complexity index is 542. The minimum Gasteiger partial charge on any atom is -0.494 e. The van der Waals surface area contributed by atoms with E-state index in [0.717, 1.165) is 0 Å². The molecule has 2 aromatic rings. The van der Waals surface area contributed by atoms with Gasteiger partial charge in [0, 0.05) is 5.56 Å². The number of ether oxygens (including phenoxy) is 1. The Kier molecular flexibility index (Phi) is 3.44. The third kappa shape index (κ3) is 2.32. The number of hydrogen-bond donors (Lipinski definition) is 2. The Hall–Kier alpha value is -1.40. The second-order valence-corrected chi connectivity index (χ2v) is 4.11. The van der Waals surface area contributed by atoms with Crippen LogP contribution in [0.5, 0.6) is 5.75 Å². The molecule has 17 heavy (non-hydrogen) atoms. The average Bonchev–Trinajstić information content (AvgIpc) is 2.70. The van der Waals surface area contributed by atoms with Crippen LogP contribution >= 0.6 is 15.9 Å². The zero-order valence-electron chi connectivity index (χ0n) is 9.00. The summed E-state index contributed by atoms with van der Waals surface area (Å²) in [6, 6.07) is 4.54. The molecule has 0 bridgehead atoms. The molecule has 1 aromatic carbocycles. The lowest BCUT2D eigenvalue weighted by molar-refractivity contribution is 0.276. The number of nitrogens with one attached hydrogen (secondary N) is 1. The number of H-pyrrole nitrogens is 1. The number of aromatic nitrogens is 2. The molecule has 0 saturated heterocycles. The Labute approximate surface area is 106 Å². The van der Waals surface area contributed by atoms with Crippen LogP contribution in [0.4, 0.5) is 4.39 Å². The first-order valence-corrected chi connectivity index (χ1v) is 5.64. The maximum Gasteiger partial charge on any atom is 0.165 e. The first-order chi connectivity index (χ1) is 8.15. The molecule has 0 radical (unpaired) electrons. The molecule has 0 aliphatic rings. The summed E-state index contributed by atoms with van der Waals surface area (Å²) in [7, 11) is 1.41. The molecule has 0 saturated carbocycles. The second kappa shape index (κ2) is 4.85. The van der Waals surface area contributed by atoms with Crippen LogP contribution in [-0.2, 0) is 6.61 Å². The van der Waals surface area contributed by atoms with Gasteiger partial charge in [-0.2, -0.15) is 0 Å². The van der Waals surface area contributed by atoms with Gasteiger partial charge >= 0.3 is 0 Å². The quantitative estimate of drug-likeness (QED) is 0.915. The third-order valence-corrected chi connectivity index (χ3v) is 2.97. The summed E-state index contributed by atoms with van der Waals surface area (Å²) < 4.78 is 18.8. The molecule has 0 amide bonds. The molecule has 90 valence electrons. The molecule has 1 aromatic heterocycles. The van der Waals surface area contributed by atoms with Crippen molar-refractivity contribution in [2.45, 2.75) is 6.61 Å². The van der Waals surface area contributed by atoms with Gasteiger partial charge in [0.15, 0.2) is 11.6 Å². The first kappa shape index (κ1) is 12.1. The van der Waals surface area contributed by atoms with Gasteiger partial charge in [0.05, 0.1) is 19.4 Å². The molecule has 0 atom stereocenters. The van der Waals surface area contributed by atoms with Crippen LogP contribution in [-0.4, -0.2) is 22.2 Å². The Balaban J connectivity index is 2.42. The van der Waals surface area contributed by atoms with E-state index in [9.17, 15) is 4.39 Å². The predicted molar refractivity (Wildman–Crippen MR) is 64.2 cm³/mol. The van der Waals surface area contributed by atoms with Crippen LogP contribution in [0.1, 0.15) is 5.69 Å². The first-order valence-electron chi connectivity index (χ1n) is 4.85. The standard InChI is InChI=1S/C11H10BrFN2O2/c1-17-9-3-2-6(4-7(9)13)11-14-8(5-16)10(12)15-11/h2-4,16H,5H2,1H3,(H,14,15). The minimum absolute atomic E-state index is 0.160. The van der Waals surface area contributed by atoms with E-state index in [0.29, 0.717) is 21.7 Å². The van der Waals surface area contributed by atoms with Crippen molar-refractivity contribution in [3.05, 3.63) is 34.3 Å². The van der Waals surface area contributed by atoms with E-state index in [1.54, 1.807) is 6.07 Å². The molecule has 0 spiro atoms. The van der Waals surface area contributed by atoms with Gasteiger partial charge in [-0.1, -0.05) is 0 Å². The molecular weight excluding hydrogens is 291 g/mol. The number of aliphatic hydroxyl groups is 1. The minimum atomic E-state index is -0.455. The maximum absolute atomic E-state index is 13.5. The van der Waals surface area contributed by atoms with Gasteiger partial charge in [-0.3, -0.25) is 0 Å². The van der Waals surface area contributed by atoms with Crippen molar-refractivity contribution in [2.24, 2.45) is 0 Å².